The maximum absolute atomic E-state index is 11.5. The van der Waals surface area contributed by atoms with Crippen LogP contribution in [-0.4, -0.2) is 40.4 Å². The topological polar surface area (TPSA) is 87.1 Å². The summed E-state index contributed by atoms with van der Waals surface area (Å²) in [5.41, 5.74) is 0.297. The zero-order valence-electron chi connectivity index (χ0n) is 11.0. The van der Waals surface area contributed by atoms with Gasteiger partial charge in [0.2, 0.25) is 0 Å². The van der Waals surface area contributed by atoms with Crippen molar-refractivity contribution in [3.8, 4) is 0 Å². The average Bonchev–Trinajstić information content (AvgIpc) is 2.38. The largest absolute Gasteiger partial charge is 0.396 e. The molecule has 0 aliphatic heterocycles. The van der Waals surface area contributed by atoms with E-state index in [1.165, 1.54) is 0 Å². The van der Waals surface area contributed by atoms with Crippen molar-refractivity contribution in [3.63, 3.8) is 0 Å². The van der Waals surface area contributed by atoms with Crippen LogP contribution in [-0.2, 0) is 0 Å². The van der Waals surface area contributed by atoms with Gasteiger partial charge in [-0.2, -0.15) is 0 Å². The van der Waals surface area contributed by atoms with Gasteiger partial charge < -0.3 is 15.7 Å². The van der Waals surface area contributed by atoms with Crippen LogP contribution < -0.4 is 10.6 Å². The number of amides is 1. The normalized spacial score (nSPS) is 13.8. The zero-order valence-corrected chi connectivity index (χ0v) is 11.0. The lowest BCUT2D eigenvalue weighted by Crippen LogP contribution is -2.27. The highest BCUT2D eigenvalue weighted by Crippen LogP contribution is 2.09. The highest BCUT2D eigenvalue weighted by Gasteiger charge is 2.12. The number of aromatic nitrogens is 2. The van der Waals surface area contributed by atoms with Gasteiger partial charge in [-0.25, -0.2) is 0 Å². The van der Waals surface area contributed by atoms with Crippen LogP contribution in [0.1, 0.15) is 31.3 Å². The number of aliphatic hydroxyl groups is 1. The molecule has 18 heavy (non-hydrogen) atoms. The summed E-state index contributed by atoms with van der Waals surface area (Å²) in [6, 6.07) is 3.41. The molecule has 100 valence electrons. The van der Waals surface area contributed by atoms with E-state index in [1.54, 1.807) is 12.1 Å². The van der Waals surface area contributed by atoms with Crippen molar-refractivity contribution in [2.75, 3.05) is 18.5 Å². The summed E-state index contributed by atoms with van der Waals surface area (Å²) in [6.07, 6.45) is 0. The number of carbonyl (C=O) groups is 1. The van der Waals surface area contributed by atoms with Gasteiger partial charge in [-0.15, -0.1) is 10.2 Å². The number of hydrogen-bond donors (Lipinski definition) is 3. The lowest BCUT2D eigenvalue weighted by Gasteiger charge is -2.19. The Morgan fingerprint density at radius 2 is 2.11 bits per heavy atom. The summed E-state index contributed by atoms with van der Waals surface area (Å²) in [5, 5.41) is 22.6. The average molecular weight is 252 g/mol. The number of hydrogen-bond acceptors (Lipinski definition) is 5. The summed E-state index contributed by atoms with van der Waals surface area (Å²) < 4.78 is 0. The summed E-state index contributed by atoms with van der Waals surface area (Å²) in [4.78, 5) is 11.5. The monoisotopic (exact) mass is 252 g/mol. The minimum absolute atomic E-state index is 0.0830. The fourth-order valence-electron chi connectivity index (χ4n) is 1.32. The first kappa shape index (κ1) is 14.4. The first-order chi connectivity index (χ1) is 8.58. The molecule has 0 aliphatic carbocycles. The van der Waals surface area contributed by atoms with Gasteiger partial charge in [0.1, 0.15) is 5.82 Å². The van der Waals surface area contributed by atoms with Crippen molar-refractivity contribution in [1.29, 1.82) is 0 Å². The van der Waals surface area contributed by atoms with E-state index in [2.05, 4.69) is 20.8 Å². The number of anilines is 1. The van der Waals surface area contributed by atoms with Crippen LogP contribution in [0, 0.1) is 5.92 Å². The molecule has 6 heteroatoms. The molecule has 0 saturated heterocycles. The number of rotatable bonds is 6. The first-order valence-corrected chi connectivity index (χ1v) is 6.07. The van der Waals surface area contributed by atoms with E-state index in [4.69, 9.17) is 5.11 Å². The van der Waals surface area contributed by atoms with Gasteiger partial charge in [-0.05, 0) is 31.9 Å². The van der Waals surface area contributed by atoms with Gasteiger partial charge in [0.15, 0.2) is 5.69 Å². The third-order valence-electron chi connectivity index (χ3n) is 2.75. The van der Waals surface area contributed by atoms with Crippen LogP contribution in [0.3, 0.4) is 0 Å². The van der Waals surface area contributed by atoms with Crippen LogP contribution in [0.2, 0.25) is 0 Å². The molecule has 0 bridgehead atoms. The Bertz CT molecular complexity index is 380. The van der Waals surface area contributed by atoms with Gasteiger partial charge >= 0.3 is 0 Å². The minimum atomic E-state index is -0.228. The molecule has 0 radical (unpaired) electrons. The molecule has 1 amide bonds. The maximum Gasteiger partial charge on any atom is 0.271 e. The second-order valence-electron chi connectivity index (χ2n) is 4.26. The van der Waals surface area contributed by atoms with E-state index < -0.39 is 0 Å². The second-order valence-corrected chi connectivity index (χ2v) is 4.26. The Morgan fingerprint density at radius 1 is 1.39 bits per heavy atom. The highest BCUT2D eigenvalue weighted by molar-refractivity contribution is 5.92. The van der Waals surface area contributed by atoms with E-state index in [9.17, 15) is 4.79 Å². The summed E-state index contributed by atoms with van der Waals surface area (Å²) in [7, 11) is 0. The number of carbonyl (C=O) groups excluding carboxylic acids is 1. The predicted molar refractivity (Wildman–Crippen MR) is 69.4 cm³/mol. The summed E-state index contributed by atoms with van der Waals surface area (Å²) in [5.74, 6) is 0.485. The molecule has 1 aromatic heterocycles. The lowest BCUT2D eigenvalue weighted by molar-refractivity contribution is 0.0950. The Balaban J connectivity index is 2.63. The molecule has 2 unspecified atom stereocenters. The number of nitrogens with zero attached hydrogens (tertiary/aromatic N) is 2. The highest BCUT2D eigenvalue weighted by atomic mass is 16.3. The smallest absolute Gasteiger partial charge is 0.271 e. The third-order valence-corrected chi connectivity index (χ3v) is 2.75. The SMILES string of the molecule is CCNC(=O)c1ccc(NC(C)C(C)CO)nn1. The molecule has 1 aromatic rings. The Morgan fingerprint density at radius 3 is 2.61 bits per heavy atom. The van der Waals surface area contributed by atoms with Crippen LogP contribution in [0.15, 0.2) is 12.1 Å². The van der Waals surface area contributed by atoms with Crippen molar-refractivity contribution in [1.82, 2.24) is 15.5 Å². The predicted octanol–water partition coefficient (Wildman–Crippen LogP) is 0.655. The molecule has 1 heterocycles. The van der Waals surface area contributed by atoms with Gasteiger partial charge in [0, 0.05) is 19.2 Å². The van der Waals surface area contributed by atoms with E-state index in [1.807, 2.05) is 20.8 Å². The van der Waals surface area contributed by atoms with E-state index in [-0.39, 0.29) is 24.5 Å². The van der Waals surface area contributed by atoms with Gasteiger partial charge in [0.25, 0.3) is 5.91 Å². The molecule has 0 fully saturated rings. The summed E-state index contributed by atoms with van der Waals surface area (Å²) in [6.45, 7) is 6.41. The van der Waals surface area contributed by atoms with Crippen LogP contribution in [0.5, 0.6) is 0 Å². The molecule has 2 atom stereocenters. The first-order valence-electron chi connectivity index (χ1n) is 6.07. The van der Waals surface area contributed by atoms with Crippen molar-refractivity contribution in [2.45, 2.75) is 26.8 Å². The summed E-state index contributed by atoms with van der Waals surface area (Å²) >= 11 is 0. The molecule has 0 aromatic carbocycles. The fraction of sp³-hybridized carbons (Fsp3) is 0.583. The minimum Gasteiger partial charge on any atom is -0.396 e. The molecule has 0 aliphatic rings. The van der Waals surface area contributed by atoms with E-state index in [0.29, 0.717) is 18.1 Å². The molecule has 0 spiro atoms. The van der Waals surface area contributed by atoms with Crippen molar-refractivity contribution >= 4 is 11.7 Å². The van der Waals surface area contributed by atoms with Gasteiger partial charge in [-0.1, -0.05) is 6.92 Å². The quantitative estimate of drug-likeness (QED) is 0.692. The van der Waals surface area contributed by atoms with E-state index in [0.717, 1.165) is 0 Å². The van der Waals surface area contributed by atoms with Gasteiger partial charge in [0.05, 0.1) is 0 Å². The third kappa shape index (κ3) is 3.96. The van der Waals surface area contributed by atoms with Crippen LogP contribution in [0.4, 0.5) is 5.82 Å². The Kier molecular flexibility index (Phi) is 5.51. The van der Waals surface area contributed by atoms with Crippen molar-refractivity contribution in [3.05, 3.63) is 17.8 Å². The zero-order chi connectivity index (χ0) is 13.5. The van der Waals surface area contributed by atoms with Crippen molar-refractivity contribution in [2.24, 2.45) is 5.92 Å². The number of aliphatic hydroxyl groups excluding tert-OH is 1. The molecule has 0 saturated carbocycles. The van der Waals surface area contributed by atoms with Crippen molar-refractivity contribution < 1.29 is 9.90 Å². The van der Waals surface area contributed by atoms with Crippen LogP contribution in [0.25, 0.3) is 0 Å². The standard InChI is InChI=1S/C12H20N4O2/c1-4-13-12(18)10-5-6-11(16-15-10)14-9(3)8(2)7-17/h5-6,8-9,17H,4,7H2,1-3H3,(H,13,18)(H,14,16). The Labute approximate surface area is 107 Å². The van der Waals surface area contributed by atoms with Crippen LogP contribution >= 0.6 is 0 Å². The van der Waals surface area contributed by atoms with E-state index >= 15 is 0 Å². The molecule has 1 rings (SSSR count). The second kappa shape index (κ2) is 6.90. The fourth-order valence-corrected chi connectivity index (χ4v) is 1.32. The molecule has 3 N–H and O–H groups in total. The molecular formula is C12H20N4O2. The molecular weight excluding hydrogens is 232 g/mol. The Hall–Kier alpha value is -1.69. The molecule has 6 nitrogen and oxygen atoms in total. The maximum atomic E-state index is 11.5. The van der Waals surface area contributed by atoms with Gasteiger partial charge in [-0.3, -0.25) is 4.79 Å². The number of nitrogens with one attached hydrogen (secondary N) is 2. The lowest BCUT2D eigenvalue weighted by atomic mass is 10.1.